The number of imidazole rings is 1. The number of carbonyl (C=O) groups excluding carboxylic acids is 1. The number of carbonyl (C=O) groups is 1. The predicted molar refractivity (Wildman–Crippen MR) is 82.3 cm³/mol. The van der Waals surface area contributed by atoms with E-state index >= 15 is 0 Å². The average molecular weight is 279 g/mol. The zero-order valence-corrected chi connectivity index (χ0v) is 12.1. The Labute approximate surface area is 123 Å². The molecular weight excluding hydrogens is 262 g/mol. The summed E-state index contributed by atoms with van der Waals surface area (Å²) in [5.74, 6) is -0.155. The molecule has 1 amide bonds. The third-order valence-electron chi connectivity index (χ3n) is 3.37. The lowest BCUT2D eigenvalue weighted by atomic mass is 10.1. The fourth-order valence-corrected chi connectivity index (χ4v) is 2.31. The molecule has 0 bridgehead atoms. The molecule has 0 unspecified atom stereocenters. The van der Waals surface area contributed by atoms with Crippen molar-refractivity contribution in [3.8, 4) is 0 Å². The minimum absolute atomic E-state index is 0.155. The maximum Gasteiger partial charge on any atom is 0.271 e. The Morgan fingerprint density at radius 1 is 1.14 bits per heavy atom. The summed E-state index contributed by atoms with van der Waals surface area (Å²) in [6, 6.07) is 12.0. The molecule has 0 saturated carbocycles. The highest BCUT2D eigenvalue weighted by molar-refractivity contribution is 5.92. The van der Waals surface area contributed by atoms with Gasteiger partial charge in [0.25, 0.3) is 5.91 Å². The zero-order valence-electron chi connectivity index (χ0n) is 12.1. The summed E-state index contributed by atoms with van der Waals surface area (Å²) in [5.41, 5.74) is 4.62. The molecule has 2 heterocycles. The Hall–Kier alpha value is -2.62. The Kier molecular flexibility index (Phi) is 3.44. The number of benzene rings is 1. The van der Waals surface area contributed by atoms with Gasteiger partial charge in [0.2, 0.25) is 0 Å². The molecule has 4 nitrogen and oxygen atoms in total. The van der Waals surface area contributed by atoms with Gasteiger partial charge in [-0.3, -0.25) is 4.79 Å². The molecule has 1 N–H and O–H groups in total. The SMILES string of the molecule is Cc1cccc(CNC(=O)c2cn3cc(C)ccc3n2)c1. The van der Waals surface area contributed by atoms with Crippen LogP contribution < -0.4 is 5.32 Å². The van der Waals surface area contributed by atoms with Crippen molar-refractivity contribution in [3.05, 3.63) is 71.2 Å². The van der Waals surface area contributed by atoms with Gasteiger partial charge in [0.1, 0.15) is 11.3 Å². The lowest BCUT2D eigenvalue weighted by Crippen LogP contribution is -2.23. The van der Waals surface area contributed by atoms with E-state index in [0.29, 0.717) is 12.2 Å². The summed E-state index contributed by atoms with van der Waals surface area (Å²) >= 11 is 0. The van der Waals surface area contributed by atoms with Gasteiger partial charge in [-0.25, -0.2) is 4.98 Å². The van der Waals surface area contributed by atoms with Crippen molar-refractivity contribution in [2.75, 3.05) is 0 Å². The highest BCUT2D eigenvalue weighted by atomic mass is 16.1. The molecule has 0 spiro atoms. The van der Waals surface area contributed by atoms with Crippen LogP contribution in [0.4, 0.5) is 0 Å². The predicted octanol–water partition coefficient (Wildman–Crippen LogP) is 2.88. The van der Waals surface area contributed by atoms with Crippen LogP contribution in [0.25, 0.3) is 5.65 Å². The van der Waals surface area contributed by atoms with Crippen molar-refractivity contribution in [1.82, 2.24) is 14.7 Å². The van der Waals surface area contributed by atoms with Gasteiger partial charge in [-0.15, -0.1) is 0 Å². The van der Waals surface area contributed by atoms with Gasteiger partial charge in [-0.05, 0) is 31.0 Å². The lowest BCUT2D eigenvalue weighted by Gasteiger charge is -2.04. The Balaban J connectivity index is 1.74. The van der Waals surface area contributed by atoms with Crippen molar-refractivity contribution in [1.29, 1.82) is 0 Å². The molecule has 21 heavy (non-hydrogen) atoms. The van der Waals surface area contributed by atoms with E-state index in [0.717, 1.165) is 16.8 Å². The number of pyridine rings is 1. The second kappa shape index (κ2) is 5.40. The molecule has 0 aliphatic rings. The summed E-state index contributed by atoms with van der Waals surface area (Å²) in [7, 11) is 0. The number of nitrogens with one attached hydrogen (secondary N) is 1. The van der Waals surface area contributed by atoms with E-state index in [1.807, 2.05) is 54.8 Å². The minimum atomic E-state index is -0.155. The quantitative estimate of drug-likeness (QED) is 0.801. The average Bonchev–Trinajstić information content (AvgIpc) is 2.88. The number of nitrogens with zero attached hydrogens (tertiary/aromatic N) is 2. The van der Waals surface area contributed by atoms with Crippen LogP contribution in [-0.4, -0.2) is 15.3 Å². The third-order valence-corrected chi connectivity index (χ3v) is 3.37. The molecule has 1 aromatic carbocycles. The summed E-state index contributed by atoms with van der Waals surface area (Å²) in [4.78, 5) is 16.5. The number of aromatic nitrogens is 2. The lowest BCUT2D eigenvalue weighted by molar-refractivity contribution is 0.0946. The van der Waals surface area contributed by atoms with Gasteiger partial charge in [0, 0.05) is 18.9 Å². The number of aryl methyl sites for hydroxylation is 2. The summed E-state index contributed by atoms with van der Waals surface area (Å²) in [6.07, 6.45) is 3.72. The largest absolute Gasteiger partial charge is 0.347 e. The van der Waals surface area contributed by atoms with Crippen LogP contribution in [0.5, 0.6) is 0 Å². The van der Waals surface area contributed by atoms with E-state index in [1.54, 1.807) is 6.20 Å². The van der Waals surface area contributed by atoms with Crippen LogP contribution in [0.15, 0.2) is 48.8 Å². The number of rotatable bonds is 3. The van der Waals surface area contributed by atoms with Crippen LogP contribution in [-0.2, 0) is 6.54 Å². The number of fused-ring (bicyclic) bond motifs is 1. The fourth-order valence-electron chi connectivity index (χ4n) is 2.31. The second-order valence-electron chi connectivity index (χ2n) is 5.27. The Morgan fingerprint density at radius 3 is 2.81 bits per heavy atom. The highest BCUT2D eigenvalue weighted by Gasteiger charge is 2.10. The van der Waals surface area contributed by atoms with E-state index in [1.165, 1.54) is 5.56 Å². The van der Waals surface area contributed by atoms with Crippen molar-refractivity contribution in [2.45, 2.75) is 20.4 Å². The first-order valence-corrected chi connectivity index (χ1v) is 6.91. The van der Waals surface area contributed by atoms with Crippen LogP contribution in [0, 0.1) is 13.8 Å². The van der Waals surface area contributed by atoms with Gasteiger partial charge in [0.15, 0.2) is 0 Å². The Bertz CT molecular complexity index is 805. The first-order valence-electron chi connectivity index (χ1n) is 6.91. The van der Waals surface area contributed by atoms with E-state index < -0.39 is 0 Å². The van der Waals surface area contributed by atoms with Gasteiger partial charge in [0.05, 0.1) is 0 Å². The van der Waals surface area contributed by atoms with Crippen LogP contribution >= 0.6 is 0 Å². The smallest absolute Gasteiger partial charge is 0.271 e. The summed E-state index contributed by atoms with van der Waals surface area (Å²) < 4.78 is 1.87. The molecule has 3 rings (SSSR count). The van der Waals surface area contributed by atoms with Gasteiger partial charge in [-0.1, -0.05) is 35.9 Å². The monoisotopic (exact) mass is 279 g/mol. The van der Waals surface area contributed by atoms with Crippen LogP contribution in [0.2, 0.25) is 0 Å². The second-order valence-corrected chi connectivity index (χ2v) is 5.27. The maximum absolute atomic E-state index is 12.2. The molecular formula is C17H17N3O. The van der Waals surface area contributed by atoms with Gasteiger partial charge in [-0.2, -0.15) is 0 Å². The summed E-state index contributed by atoms with van der Waals surface area (Å²) in [5, 5.41) is 2.90. The van der Waals surface area contributed by atoms with Crippen molar-refractivity contribution in [2.24, 2.45) is 0 Å². The van der Waals surface area contributed by atoms with Crippen molar-refractivity contribution < 1.29 is 4.79 Å². The first-order chi connectivity index (χ1) is 10.1. The van der Waals surface area contributed by atoms with E-state index in [9.17, 15) is 4.79 Å². The van der Waals surface area contributed by atoms with E-state index in [-0.39, 0.29) is 5.91 Å². The zero-order chi connectivity index (χ0) is 14.8. The Morgan fingerprint density at radius 2 is 2.00 bits per heavy atom. The van der Waals surface area contributed by atoms with E-state index in [4.69, 9.17) is 0 Å². The molecule has 0 aliphatic heterocycles. The molecule has 3 aromatic rings. The molecule has 0 radical (unpaired) electrons. The maximum atomic E-state index is 12.2. The molecule has 0 atom stereocenters. The molecule has 4 heteroatoms. The molecule has 106 valence electrons. The molecule has 0 aliphatic carbocycles. The van der Waals surface area contributed by atoms with Gasteiger partial charge < -0.3 is 9.72 Å². The fraction of sp³-hybridized carbons (Fsp3) is 0.176. The molecule has 0 saturated heterocycles. The number of amides is 1. The summed E-state index contributed by atoms with van der Waals surface area (Å²) in [6.45, 7) is 4.56. The first kappa shape index (κ1) is 13.4. The van der Waals surface area contributed by atoms with E-state index in [2.05, 4.69) is 16.4 Å². The topological polar surface area (TPSA) is 46.4 Å². The standard InChI is InChI=1S/C17H17N3O/c1-12-4-3-5-14(8-12)9-18-17(21)15-11-20-10-13(2)6-7-16(20)19-15/h3-8,10-11H,9H2,1-2H3,(H,18,21). The van der Waals surface area contributed by atoms with Crippen LogP contribution in [0.3, 0.4) is 0 Å². The number of hydrogen-bond donors (Lipinski definition) is 1. The van der Waals surface area contributed by atoms with Crippen LogP contribution in [0.1, 0.15) is 27.2 Å². The molecule has 0 fully saturated rings. The number of hydrogen-bond acceptors (Lipinski definition) is 2. The molecule has 2 aromatic heterocycles. The third kappa shape index (κ3) is 2.94. The minimum Gasteiger partial charge on any atom is -0.347 e. The highest BCUT2D eigenvalue weighted by Crippen LogP contribution is 2.08. The van der Waals surface area contributed by atoms with Crippen molar-refractivity contribution >= 4 is 11.6 Å². The normalized spacial score (nSPS) is 10.8. The van der Waals surface area contributed by atoms with Crippen molar-refractivity contribution in [3.63, 3.8) is 0 Å². The van der Waals surface area contributed by atoms with Gasteiger partial charge >= 0.3 is 0 Å².